The summed E-state index contributed by atoms with van der Waals surface area (Å²) < 4.78 is 18.5. The SMILES string of the molecule is Cc1cc(C(=O)O)ccc1Oc1cccc(F)c1. The van der Waals surface area contributed by atoms with E-state index in [1.165, 1.54) is 24.3 Å². The molecule has 0 heterocycles. The predicted molar refractivity (Wildman–Crippen MR) is 64.6 cm³/mol. The van der Waals surface area contributed by atoms with Gasteiger partial charge in [0.25, 0.3) is 0 Å². The molecule has 0 spiro atoms. The second-order valence-corrected chi connectivity index (χ2v) is 3.84. The first-order chi connectivity index (χ1) is 8.56. The summed E-state index contributed by atoms with van der Waals surface area (Å²) in [6, 6.07) is 10.3. The highest BCUT2D eigenvalue weighted by atomic mass is 19.1. The minimum absolute atomic E-state index is 0.194. The Hall–Kier alpha value is -2.36. The maximum Gasteiger partial charge on any atom is 0.335 e. The zero-order chi connectivity index (χ0) is 13.1. The Bertz CT molecular complexity index is 593. The lowest BCUT2D eigenvalue weighted by Gasteiger charge is -2.09. The van der Waals surface area contributed by atoms with Crippen LogP contribution in [0.3, 0.4) is 0 Å². The van der Waals surface area contributed by atoms with Crippen molar-refractivity contribution in [3.05, 3.63) is 59.4 Å². The van der Waals surface area contributed by atoms with Crippen molar-refractivity contribution in [3.8, 4) is 11.5 Å². The number of carboxylic acids is 1. The van der Waals surface area contributed by atoms with Crippen LogP contribution in [0.1, 0.15) is 15.9 Å². The van der Waals surface area contributed by atoms with E-state index in [1.54, 1.807) is 25.1 Å². The van der Waals surface area contributed by atoms with E-state index in [-0.39, 0.29) is 11.4 Å². The van der Waals surface area contributed by atoms with Gasteiger partial charge in [0, 0.05) is 6.07 Å². The van der Waals surface area contributed by atoms with Gasteiger partial charge in [-0.15, -0.1) is 0 Å². The highest BCUT2D eigenvalue weighted by Gasteiger charge is 2.07. The fraction of sp³-hybridized carbons (Fsp3) is 0.0714. The van der Waals surface area contributed by atoms with Crippen LogP contribution in [0.4, 0.5) is 4.39 Å². The zero-order valence-electron chi connectivity index (χ0n) is 9.68. The number of aromatic carboxylic acids is 1. The van der Waals surface area contributed by atoms with Crippen molar-refractivity contribution in [1.82, 2.24) is 0 Å². The second kappa shape index (κ2) is 4.87. The Kier molecular flexibility index (Phi) is 3.28. The lowest BCUT2D eigenvalue weighted by molar-refractivity contribution is 0.0697. The minimum Gasteiger partial charge on any atom is -0.478 e. The molecule has 0 saturated carbocycles. The van der Waals surface area contributed by atoms with Gasteiger partial charge in [0.15, 0.2) is 0 Å². The molecule has 0 bridgehead atoms. The Morgan fingerprint density at radius 2 is 2.00 bits per heavy atom. The summed E-state index contributed by atoms with van der Waals surface area (Å²) in [5.74, 6) is -0.491. The molecular weight excluding hydrogens is 235 g/mol. The summed E-state index contributed by atoms with van der Waals surface area (Å²) in [5.41, 5.74) is 0.873. The number of benzene rings is 2. The molecule has 0 saturated heterocycles. The van der Waals surface area contributed by atoms with Crippen molar-refractivity contribution in [2.24, 2.45) is 0 Å². The van der Waals surface area contributed by atoms with Crippen LogP contribution in [-0.4, -0.2) is 11.1 Å². The quantitative estimate of drug-likeness (QED) is 0.899. The lowest BCUT2D eigenvalue weighted by atomic mass is 10.1. The van der Waals surface area contributed by atoms with E-state index >= 15 is 0 Å². The maximum atomic E-state index is 13.0. The average molecular weight is 246 g/mol. The summed E-state index contributed by atoms with van der Waals surface area (Å²) in [6.07, 6.45) is 0. The van der Waals surface area contributed by atoms with Crippen LogP contribution >= 0.6 is 0 Å². The number of halogens is 1. The molecule has 2 aromatic carbocycles. The Balaban J connectivity index is 2.27. The monoisotopic (exact) mass is 246 g/mol. The van der Waals surface area contributed by atoms with Gasteiger partial charge < -0.3 is 9.84 Å². The summed E-state index contributed by atoms with van der Waals surface area (Å²) in [4.78, 5) is 10.8. The molecule has 1 N–H and O–H groups in total. The van der Waals surface area contributed by atoms with Crippen LogP contribution in [-0.2, 0) is 0 Å². The van der Waals surface area contributed by atoms with Crippen molar-refractivity contribution in [1.29, 1.82) is 0 Å². The van der Waals surface area contributed by atoms with Gasteiger partial charge in [-0.25, -0.2) is 9.18 Å². The fourth-order valence-corrected chi connectivity index (χ4v) is 1.55. The zero-order valence-corrected chi connectivity index (χ0v) is 9.68. The van der Waals surface area contributed by atoms with Crippen LogP contribution in [0, 0.1) is 12.7 Å². The molecule has 0 aliphatic heterocycles. The topological polar surface area (TPSA) is 46.5 Å². The predicted octanol–water partition coefficient (Wildman–Crippen LogP) is 3.62. The van der Waals surface area contributed by atoms with E-state index in [0.29, 0.717) is 17.1 Å². The number of rotatable bonds is 3. The molecule has 0 radical (unpaired) electrons. The Morgan fingerprint density at radius 3 is 2.61 bits per heavy atom. The molecule has 4 heteroatoms. The summed E-state index contributed by atoms with van der Waals surface area (Å²) in [6.45, 7) is 1.74. The molecule has 3 nitrogen and oxygen atoms in total. The molecule has 0 atom stereocenters. The molecule has 0 fully saturated rings. The summed E-state index contributed by atoms with van der Waals surface area (Å²) in [5, 5.41) is 8.84. The van der Waals surface area contributed by atoms with Crippen molar-refractivity contribution in [3.63, 3.8) is 0 Å². The van der Waals surface area contributed by atoms with E-state index in [4.69, 9.17) is 9.84 Å². The van der Waals surface area contributed by atoms with Gasteiger partial charge in [0.2, 0.25) is 0 Å². The molecule has 2 aromatic rings. The summed E-state index contributed by atoms with van der Waals surface area (Å²) >= 11 is 0. The summed E-state index contributed by atoms with van der Waals surface area (Å²) in [7, 11) is 0. The first kappa shape index (κ1) is 12.1. The average Bonchev–Trinajstić information content (AvgIpc) is 2.31. The van der Waals surface area contributed by atoms with E-state index in [9.17, 15) is 9.18 Å². The largest absolute Gasteiger partial charge is 0.478 e. The lowest BCUT2D eigenvalue weighted by Crippen LogP contribution is -1.97. The number of ether oxygens (including phenoxy) is 1. The molecule has 0 aromatic heterocycles. The number of hydrogen-bond acceptors (Lipinski definition) is 2. The van der Waals surface area contributed by atoms with Gasteiger partial charge in [-0.2, -0.15) is 0 Å². The normalized spacial score (nSPS) is 10.1. The third-order valence-electron chi connectivity index (χ3n) is 2.45. The smallest absolute Gasteiger partial charge is 0.335 e. The number of carboxylic acid groups (broad SMARTS) is 1. The fourth-order valence-electron chi connectivity index (χ4n) is 1.55. The second-order valence-electron chi connectivity index (χ2n) is 3.84. The van der Waals surface area contributed by atoms with Crippen molar-refractivity contribution in [2.75, 3.05) is 0 Å². The maximum absolute atomic E-state index is 13.0. The molecule has 0 aliphatic rings. The van der Waals surface area contributed by atoms with Crippen molar-refractivity contribution < 1.29 is 19.0 Å². The standard InChI is InChI=1S/C14H11FO3/c1-9-7-10(14(16)17)5-6-13(9)18-12-4-2-3-11(15)8-12/h2-8H,1H3,(H,16,17). The number of carbonyl (C=O) groups is 1. The third kappa shape index (κ3) is 2.66. The van der Waals surface area contributed by atoms with E-state index in [0.717, 1.165) is 0 Å². The van der Waals surface area contributed by atoms with Crippen LogP contribution < -0.4 is 4.74 Å². The van der Waals surface area contributed by atoms with E-state index in [1.807, 2.05) is 0 Å². The van der Waals surface area contributed by atoms with Gasteiger partial charge >= 0.3 is 5.97 Å². The highest BCUT2D eigenvalue weighted by Crippen LogP contribution is 2.26. The van der Waals surface area contributed by atoms with Crippen LogP contribution in [0.5, 0.6) is 11.5 Å². The Labute approximate surface area is 103 Å². The molecule has 0 aliphatic carbocycles. The molecule has 2 rings (SSSR count). The Morgan fingerprint density at radius 1 is 1.22 bits per heavy atom. The minimum atomic E-state index is -0.990. The van der Waals surface area contributed by atoms with Gasteiger partial charge in [0.1, 0.15) is 17.3 Å². The van der Waals surface area contributed by atoms with Crippen molar-refractivity contribution >= 4 is 5.97 Å². The van der Waals surface area contributed by atoms with Gasteiger partial charge in [-0.05, 0) is 42.8 Å². The van der Waals surface area contributed by atoms with Crippen LogP contribution in [0.15, 0.2) is 42.5 Å². The molecule has 0 unspecified atom stereocenters. The molecule has 0 amide bonds. The van der Waals surface area contributed by atoms with E-state index in [2.05, 4.69) is 0 Å². The van der Waals surface area contributed by atoms with Crippen molar-refractivity contribution in [2.45, 2.75) is 6.92 Å². The first-order valence-corrected chi connectivity index (χ1v) is 5.33. The highest BCUT2D eigenvalue weighted by molar-refractivity contribution is 5.88. The molecule has 18 heavy (non-hydrogen) atoms. The van der Waals surface area contributed by atoms with Gasteiger partial charge in [-0.1, -0.05) is 6.07 Å². The van der Waals surface area contributed by atoms with Crippen LogP contribution in [0.2, 0.25) is 0 Å². The third-order valence-corrected chi connectivity index (χ3v) is 2.45. The van der Waals surface area contributed by atoms with Crippen LogP contribution in [0.25, 0.3) is 0 Å². The molecule has 92 valence electrons. The van der Waals surface area contributed by atoms with Gasteiger partial charge in [0.05, 0.1) is 5.56 Å². The van der Waals surface area contributed by atoms with E-state index < -0.39 is 5.97 Å². The number of hydrogen-bond donors (Lipinski definition) is 1. The first-order valence-electron chi connectivity index (χ1n) is 5.33. The number of aryl methyl sites for hydroxylation is 1. The molecular formula is C14H11FO3. The van der Waals surface area contributed by atoms with Gasteiger partial charge in [-0.3, -0.25) is 0 Å².